The number of carbonyl (C=O) groups excluding carboxylic acids is 1. The molecular formula is C16H24N2O3S. The van der Waals surface area contributed by atoms with Crippen LogP contribution in [0.25, 0.3) is 0 Å². The van der Waals surface area contributed by atoms with E-state index in [1.807, 2.05) is 16.7 Å². The molecule has 2 aliphatic heterocycles. The summed E-state index contributed by atoms with van der Waals surface area (Å²) in [6, 6.07) is 0. The van der Waals surface area contributed by atoms with Crippen molar-refractivity contribution in [2.24, 2.45) is 0 Å². The van der Waals surface area contributed by atoms with Crippen LogP contribution in [0.15, 0.2) is 10.7 Å². The number of likely N-dealkylation sites (tertiary alicyclic amines) is 1. The van der Waals surface area contributed by atoms with Crippen LogP contribution >= 0.6 is 11.8 Å². The second-order valence-electron chi connectivity index (χ2n) is 6.06. The maximum atomic E-state index is 12.7. The Morgan fingerprint density at radius 3 is 2.91 bits per heavy atom. The monoisotopic (exact) mass is 324 g/mol. The molecule has 1 aromatic heterocycles. The number of hydrogen-bond acceptors (Lipinski definition) is 5. The first-order chi connectivity index (χ1) is 10.8. The summed E-state index contributed by atoms with van der Waals surface area (Å²) in [6.45, 7) is 3.14. The van der Waals surface area contributed by atoms with Gasteiger partial charge in [-0.25, -0.2) is 4.98 Å². The van der Waals surface area contributed by atoms with Crippen LogP contribution in [0.2, 0.25) is 0 Å². The predicted molar refractivity (Wildman–Crippen MR) is 86.4 cm³/mol. The number of rotatable bonds is 3. The van der Waals surface area contributed by atoms with Crippen molar-refractivity contribution < 1.29 is 13.9 Å². The van der Waals surface area contributed by atoms with E-state index in [0.29, 0.717) is 22.8 Å². The van der Waals surface area contributed by atoms with Gasteiger partial charge in [0.2, 0.25) is 0 Å². The fraction of sp³-hybridized carbons (Fsp3) is 0.750. The first-order valence-electron chi connectivity index (χ1n) is 8.13. The lowest BCUT2D eigenvalue weighted by Gasteiger charge is -2.22. The predicted octanol–water partition coefficient (Wildman–Crippen LogP) is 2.93. The summed E-state index contributed by atoms with van der Waals surface area (Å²) in [6.07, 6.45) is 8.97. The second-order valence-corrected chi connectivity index (χ2v) is 7.20. The molecule has 6 heteroatoms. The van der Waals surface area contributed by atoms with Crippen LogP contribution in [0.4, 0.5) is 0 Å². The van der Waals surface area contributed by atoms with E-state index in [4.69, 9.17) is 9.15 Å². The Kier molecular flexibility index (Phi) is 5.41. The minimum Gasteiger partial charge on any atom is -0.448 e. The number of oxazole rings is 1. The number of nitrogens with zero attached hydrogens (tertiary/aromatic N) is 2. The Morgan fingerprint density at radius 2 is 2.14 bits per heavy atom. The van der Waals surface area contributed by atoms with Crippen molar-refractivity contribution in [1.82, 2.24) is 9.88 Å². The molecule has 0 aromatic carbocycles. The number of thioether (sulfide) groups is 1. The molecule has 122 valence electrons. The van der Waals surface area contributed by atoms with Gasteiger partial charge < -0.3 is 14.1 Å². The third-order valence-electron chi connectivity index (χ3n) is 4.56. The summed E-state index contributed by atoms with van der Waals surface area (Å²) in [4.78, 5) is 19.1. The SMILES string of the molecule is CSC1CCCCN(C(=O)c2coc(C3CCOCC3)n2)C1. The molecule has 1 unspecified atom stereocenters. The van der Waals surface area contributed by atoms with Gasteiger partial charge in [0.15, 0.2) is 11.6 Å². The van der Waals surface area contributed by atoms with Gasteiger partial charge in [-0.1, -0.05) is 6.42 Å². The molecule has 1 atom stereocenters. The number of hydrogen-bond donors (Lipinski definition) is 0. The second kappa shape index (κ2) is 7.51. The van der Waals surface area contributed by atoms with Crippen LogP contribution in [0.1, 0.15) is 54.4 Å². The molecule has 0 bridgehead atoms. The lowest BCUT2D eigenvalue weighted by molar-refractivity contribution is 0.0756. The summed E-state index contributed by atoms with van der Waals surface area (Å²) < 4.78 is 10.9. The van der Waals surface area contributed by atoms with Gasteiger partial charge in [-0.2, -0.15) is 11.8 Å². The van der Waals surface area contributed by atoms with Gasteiger partial charge >= 0.3 is 0 Å². The van der Waals surface area contributed by atoms with Gasteiger partial charge in [0.1, 0.15) is 6.26 Å². The minimum absolute atomic E-state index is 0.0167. The topological polar surface area (TPSA) is 55.6 Å². The van der Waals surface area contributed by atoms with Crippen LogP contribution in [0.3, 0.4) is 0 Å². The van der Waals surface area contributed by atoms with E-state index in [9.17, 15) is 4.79 Å². The maximum absolute atomic E-state index is 12.7. The molecule has 2 fully saturated rings. The number of carbonyl (C=O) groups is 1. The van der Waals surface area contributed by atoms with Crippen LogP contribution in [0, 0.1) is 0 Å². The summed E-state index contributed by atoms with van der Waals surface area (Å²) in [5, 5.41) is 0.535. The number of ether oxygens (including phenoxy) is 1. The highest BCUT2D eigenvalue weighted by Gasteiger charge is 2.27. The molecule has 0 spiro atoms. The van der Waals surface area contributed by atoms with E-state index in [0.717, 1.165) is 45.6 Å². The smallest absolute Gasteiger partial charge is 0.275 e. The van der Waals surface area contributed by atoms with E-state index >= 15 is 0 Å². The van der Waals surface area contributed by atoms with E-state index in [2.05, 4.69) is 11.2 Å². The highest BCUT2D eigenvalue weighted by Crippen LogP contribution is 2.27. The Balaban J connectivity index is 1.67. The molecule has 1 aromatic rings. The lowest BCUT2D eigenvalue weighted by Crippen LogP contribution is -2.35. The van der Waals surface area contributed by atoms with Crippen LogP contribution in [0.5, 0.6) is 0 Å². The average molecular weight is 324 g/mol. The van der Waals surface area contributed by atoms with Gasteiger partial charge in [-0.3, -0.25) is 4.79 Å². The number of amides is 1. The van der Waals surface area contributed by atoms with E-state index in [1.54, 1.807) is 0 Å². The first kappa shape index (κ1) is 15.9. The van der Waals surface area contributed by atoms with Gasteiger partial charge in [-0.15, -0.1) is 0 Å². The van der Waals surface area contributed by atoms with Gasteiger partial charge in [0.05, 0.1) is 0 Å². The van der Waals surface area contributed by atoms with Crippen molar-refractivity contribution in [2.45, 2.75) is 43.3 Å². The third-order valence-corrected chi connectivity index (χ3v) is 5.61. The summed E-state index contributed by atoms with van der Waals surface area (Å²) >= 11 is 1.85. The van der Waals surface area contributed by atoms with Crippen molar-refractivity contribution >= 4 is 17.7 Å². The van der Waals surface area contributed by atoms with Crippen molar-refractivity contribution in [1.29, 1.82) is 0 Å². The zero-order chi connectivity index (χ0) is 15.4. The normalized spacial score (nSPS) is 24.2. The molecule has 22 heavy (non-hydrogen) atoms. The zero-order valence-electron chi connectivity index (χ0n) is 13.1. The standard InChI is InChI=1S/C16H24N2O3S/c1-22-13-4-2-3-7-18(10-13)16(19)14-11-21-15(17-14)12-5-8-20-9-6-12/h11-13H,2-10H2,1H3. The average Bonchev–Trinajstić information content (AvgIpc) is 2.93. The molecule has 0 N–H and O–H groups in total. The first-order valence-corrected chi connectivity index (χ1v) is 9.42. The van der Waals surface area contributed by atoms with Crippen LogP contribution in [-0.2, 0) is 4.74 Å². The molecule has 0 saturated carbocycles. The summed E-state index contributed by atoms with van der Waals surface area (Å²) in [7, 11) is 0. The molecule has 0 aliphatic carbocycles. The molecule has 1 amide bonds. The quantitative estimate of drug-likeness (QED) is 0.855. The van der Waals surface area contributed by atoms with E-state index < -0.39 is 0 Å². The van der Waals surface area contributed by atoms with Crippen molar-refractivity contribution in [3.63, 3.8) is 0 Å². The Labute approximate surface area is 135 Å². The lowest BCUT2D eigenvalue weighted by atomic mass is 10.0. The van der Waals surface area contributed by atoms with E-state index in [-0.39, 0.29) is 5.91 Å². The minimum atomic E-state index is 0.0167. The summed E-state index contributed by atoms with van der Waals surface area (Å²) in [5.41, 5.74) is 0.461. The van der Waals surface area contributed by atoms with Gasteiger partial charge in [-0.05, 0) is 31.9 Å². The highest BCUT2D eigenvalue weighted by atomic mass is 32.2. The Hall–Kier alpha value is -1.01. The van der Waals surface area contributed by atoms with Gasteiger partial charge in [0.25, 0.3) is 5.91 Å². The van der Waals surface area contributed by atoms with Crippen LogP contribution < -0.4 is 0 Å². The Morgan fingerprint density at radius 1 is 1.32 bits per heavy atom. The van der Waals surface area contributed by atoms with Crippen molar-refractivity contribution in [3.8, 4) is 0 Å². The largest absolute Gasteiger partial charge is 0.448 e. The molecule has 3 heterocycles. The number of aromatic nitrogens is 1. The summed E-state index contributed by atoms with van der Waals surface area (Å²) in [5.74, 6) is 1.00. The third kappa shape index (κ3) is 3.66. The highest BCUT2D eigenvalue weighted by molar-refractivity contribution is 7.99. The molecule has 0 radical (unpaired) electrons. The Bertz CT molecular complexity index is 499. The molecule has 2 aliphatic rings. The van der Waals surface area contributed by atoms with E-state index in [1.165, 1.54) is 19.1 Å². The maximum Gasteiger partial charge on any atom is 0.275 e. The molecule has 2 saturated heterocycles. The fourth-order valence-electron chi connectivity index (χ4n) is 3.16. The van der Waals surface area contributed by atoms with Crippen LogP contribution in [-0.4, -0.2) is 53.6 Å². The molecular weight excluding hydrogens is 300 g/mol. The molecule has 5 nitrogen and oxygen atoms in total. The fourth-order valence-corrected chi connectivity index (χ4v) is 3.89. The zero-order valence-corrected chi connectivity index (χ0v) is 13.9. The van der Waals surface area contributed by atoms with Gasteiger partial charge in [0, 0.05) is 37.5 Å². The van der Waals surface area contributed by atoms with Crippen molar-refractivity contribution in [3.05, 3.63) is 17.8 Å². The van der Waals surface area contributed by atoms with Crippen molar-refractivity contribution in [2.75, 3.05) is 32.6 Å². The molecule has 3 rings (SSSR count).